The second-order valence-electron chi connectivity index (χ2n) is 3.68. The molecule has 0 unspecified atom stereocenters. The van der Waals surface area contributed by atoms with Crippen molar-refractivity contribution in [1.82, 2.24) is 25.0 Å². The number of hydrogen-bond acceptors (Lipinski definition) is 6. The average molecular weight is 267 g/mol. The predicted octanol–water partition coefficient (Wildman–Crippen LogP) is 0.401. The van der Waals surface area contributed by atoms with Crippen molar-refractivity contribution in [3.8, 4) is 0 Å². The number of amidine groups is 1. The summed E-state index contributed by atoms with van der Waals surface area (Å²) >= 11 is 1.30. The van der Waals surface area contributed by atoms with E-state index in [1.807, 2.05) is 6.92 Å². The molecule has 0 aliphatic rings. The van der Waals surface area contributed by atoms with Crippen molar-refractivity contribution >= 4 is 17.6 Å². The monoisotopic (exact) mass is 267 g/mol. The van der Waals surface area contributed by atoms with Gasteiger partial charge in [-0.2, -0.15) is 5.10 Å². The van der Waals surface area contributed by atoms with Crippen molar-refractivity contribution in [1.29, 1.82) is 0 Å². The second kappa shape index (κ2) is 4.69. The molecule has 0 bridgehead atoms. The summed E-state index contributed by atoms with van der Waals surface area (Å²) in [5.74, 6) is 0.747. The van der Waals surface area contributed by atoms with Crippen LogP contribution in [0.3, 0.4) is 0 Å². The van der Waals surface area contributed by atoms with Crippen LogP contribution in [0.4, 0.5) is 0 Å². The van der Waals surface area contributed by atoms with E-state index in [0.717, 1.165) is 10.9 Å². The molecule has 0 aromatic carbocycles. The van der Waals surface area contributed by atoms with E-state index in [2.05, 4.69) is 25.4 Å². The summed E-state index contributed by atoms with van der Waals surface area (Å²) in [5, 5.41) is 24.1. The maximum atomic E-state index is 8.80. The van der Waals surface area contributed by atoms with Gasteiger partial charge in [0.1, 0.15) is 10.9 Å². The molecule has 0 spiro atoms. The van der Waals surface area contributed by atoms with E-state index < -0.39 is 0 Å². The summed E-state index contributed by atoms with van der Waals surface area (Å²) in [4.78, 5) is 4.19. The number of rotatable bonds is 3. The number of H-pyrrole nitrogens is 1. The van der Waals surface area contributed by atoms with E-state index in [9.17, 15) is 0 Å². The highest BCUT2D eigenvalue weighted by molar-refractivity contribution is 7.99. The lowest BCUT2D eigenvalue weighted by Gasteiger charge is -2.02. The zero-order valence-electron chi connectivity index (χ0n) is 10.2. The van der Waals surface area contributed by atoms with Crippen LogP contribution in [0.25, 0.3) is 0 Å². The standard InChI is InChI=1S/C9H13N7OS/c1-4-6(7(10)15-17)8(16(3)14-4)18-9-11-5(2)12-13-9/h17H,1-3H3,(H2,10,15)(H,11,12,13). The normalized spacial score (nSPS) is 12.1. The fraction of sp³-hybridized carbons (Fsp3) is 0.333. The fourth-order valence-corrected chi connectivity index (χ4v) is 2.53. The highest BCUT2D eigenvalue weighted by Gasteiger charge is 2.19. The average Bonchev–Trinajstić information content (AvgIpc) is 2.84. The molecule has 0 aliphatic heterocycles. The van der Waals surface area contributed by atoms with Crippen LogP contribution in [0.15, 0.2) is 15.3 Å². The van der Waals surface area contributed by atoms with Crippen LogP contribution in [0.1, 0.15) is 17.1 Å². The van der Waals surface area contributed by atoms with E-state index in [1.165, 1.54) is 11.8 Å². The van der Waals surface area contributed by atoms with Gasteiger partial charge in [-0.15, -0.1) is 5.10 Å². The van der Waals surface area contributed by atoms with Gasteiger partial charge in [0.05, 0.1) is 11.3 Å². The van der Waals surface area contributed by atoms with Crippen molar-refractivity contribution in [2.45, 2.75) is 24.0 Å². The number of aryl methyl sites for hydroxylation is 3. The van der Waals surface area contributed by atoms with Crippen molar-refractivity contribution in [2.24, 2.45) is 17.9 Å². The van der Waals surface area contributed by atoms with Crippen LogP contribution in [0, 0.1) is 13.8 Å². The van der Waals surface area contributed by atoms with Crippen LogP contribution in [-0.4, -0.2) is 36.0 Å². The molecule has 9 heteroatoms. The van der Waals surface area contributed by atoms with Crippen molar-refractivity contribution in [2.75, 3.05) is 0 Å². The molecule has 0 saturated heterocycles. The summed E-state index contributed by atoms with van der Waals surface area (Å²) in [5.41, 5.74) is 6.93. The van der Waals surface area contributed by atoms with Crippen LogP contribution in [0.2, 0.25) is 0 Å². The van der Waals surface area contributed by atoms with E-state index >= 15 is 0 Å². The largest absolute Gasteiger partial charge is 0.409 e. The zero-order chi connectivity index (χ0) is 13.3. The Bertz CT molecular complexity index is 600. The molecule has 0 amide bonds. The molecule has 2 aromatic rings. The lowest BCUT2D eigenvalue weighted by molar-refractivity contribution is 0.318. The molecule has 4 N–H and O–H groups in total. The van der Waals surface area contributed by atoms with Crippen LogP contribution >= 0.6 is 11.8 Å². The minimum atomic E-state index is 0.0235. The van der Waals surface area contributed by atoms with E-state index in [4.69, 9.17) is 10.9 Å². The van der Waals surface area contributed by atoms with Crippen LogP contribution in [-0.2, 0) is 7.05 Å². The molecule has 18 heavy (non-hydrogen) atoms. The van der Waals surface area contributed by atoms with Gasteiger partial charge in [0.25, 0.3) is 0 Å². The third-order valence-corrected chi connectivity index (χ3v) is 3.32. The highest BCUT2D eigenvalue weighted by Crippen LogP contribution is 2.29. The number of aromatic nitrogens is 5. The van der Waals surface area contributed by atoms with Gasteiger partial charge < -0.3 is 10.9 Å². The van der Waals surface area contributed by atoms with Crippen molar-refractivity contribution in [3.05, 3.63) is 17.1 Å². The van der Waals surface area contributed by atoms with Crippen molar-refractivity contribution in [3.63, 3.8) is 0 Å². The highest BCUT2D eigenvalue weighted by atomic mass is 32.2. The molecule has 96 valence electrons. The number of oxime groups is 1. The Morgan fingerprint density at radius 2 is 2.22 bits per heavy atom. The molecule has 8 nitrogen and oxygen atoms in total. The van der Waals surface area contributed by atoms with Gasteiger partial charge in [-0.1, -0.05) is 5.16 Å². The minimum absolute atomic E-state index is 0.0235. The second-order valence-corrected chi connectivity index (χ2v) is 4.64. The van der Waals surface area contributed by atoms with Gasteiger partial charge in [0.2, 0.25) is 5.16 Å². The van der Waals surface area contributed by atoms with Crippen LogP contribution in [0.5, 0.6) is 0 Å². The van der Waals surface area contributed by atoms with Gasteiger partial charge in [0.15, 0.2) is 5.84 Å². The lowest BCUT2D eigenvalue weighted by atomic mass is 10.2. The van der Waals surface area contributed by atoms with E-state index in [1.54, 1.807) is 18.7 Å². The fourth-order valence-electron chi connectivity index (χ4n) is 1.55. The number of hydrogen-bond donors (Lipinski definition) is 3. The maximum Gasteiger partial charge on any atom is 0.214 e. The van der Waals surface area contributed by atoms with Crippen molar-refractivity contribution < 1.29 is 5.21 Å². The third-order valence-electron chi connectivity index (χ3n) is 2.30. The molecule has 2 rings (SSSR count). The van der Waals surface area contributed by atoms with Gasteiger partial charge in [-0.05, 0) is 25.6 Å². The first-order valence-corrected chi connectivity index (χ1v) is 5.93. The first-order chi connectivity index (χ1) is 8.52. The number of nitrogens with two attached hydrogens (primary N) is 1. The summed E-state index contributed by atoms with van der Waals surface area (Å²) in [6.07, 6.45) is 0. The topological polar surface area (TPSA) is 118 Å². The molecule has 2 aromatic heterocycles. The molecule has 0 fully saturated rings. The Hall–Kier alpha value is -2.03. The Morgan fingerprint density at radius 3 is 2.78 bits per heavy atom. The zero-order valence-corrected chi connectivity index (χ0v) is 11.0. The van der Waals surface area contributed by atoms with Gasteiger partial charge in [-0.25, -0.2) is 4.98 Å². The van der Waals surface area contributed by atoms with Gasteiger partial charge in [-0.3, -0.25) is 9.78 Å². The van der Waals surface area contributed by atoms with Crippen LogP contribution < -0.4 is 5.73 Å². The molecule has 2 heterocycles. The number of nitrogens with one attached hydrogen (secondary N) is 1. The minimum Gasteiger partial charge on any atom is -0.409 e. The quantitative estimate of drug-likeness (QED) is 0.320. The van der Waals surface area contributed by atoms with E-state index in [0.29, 0.717) is 16.4 Å². The molecular formula is C9H13N7OS. The summed E-state index contributed by atoms with van der Waals surface area (Å²) in [7, 11) is 1.78. The molecule has 0 saturated carbocycles. The number of nitrogens with zero attached hydrogens (tertiary/aromatic N) is 5. The molecule has 0 radical (unpaired) electrons. The van der Waals surface area contributed by atoms with E-state index in [-0.39, 0.29) is 5.84 Å². The first kappa shape index (κ1) is 12.4. The Balaban J connectivity index is 2.44. The molecule has 0 aliphatic carbocycles. The first-order valence-electron chi connectivity index (χ1n) is 5.11. The SMILES string of the molecule is Cc1nc(Sc2c(C(N)=NO)c(C)nn2C)n[nH]1. The molecule has 0 atom stereocenters. The predicted molar refractivity (Wildman–Crippen MR) is 65.7 cm³/mol. The van der Waals surface area contributed by atoms with Gasteiger partial charge in [0, 0.05) is 7.05 Å². The number of aromatic amines is 1. The summed E-state index contributed by atoms with van der Waals surface area (Å²) < 4.78 is 1.65. The third kappa shape index (κ3) is 2.16. The smallest absolute Gasteiger partial charge is 0.214 e. The lowest BCUT2D eigenvalue weighted by Crippen LogP contribution is -2.15. The summed E-state index contributed by atoms with van der Waals surface area (Å²) in [6.45, 7) is 3.61. The Kier molecular flexibility index (Phi) is 3.24. The Labute approximate surface area is 107 Å². The van der Waals surface area contributed by atoms with Gasteiger partial charge >= 0.3 is 0 Å². The molecular weight excluding hydrogens is 254 g/mol. The Morgan fingerprint density at radius 1 is 1.50 bits per heavy atom. The summed E-state index contributed by atoms with van der Waals surface area (Å²) in [6, 6.07) is 0. The maximum absolute atomic E-state index is 8.80.